The summed E-state index contributed by atoms with van der Waals surface area (Å²) < 4.78 is 28.4. The molecule has 0 bridgehead atoms. The largest absolute Gasteiger partial charge is 0.435 e. The van der Waals surface area contributed by atoms with E-state index in [0.717, 1.165) is 0 Å². The Morgan fingerprint density at radius 1 is 1.47 bits per heavy atom. The van der Waals surface area contributed by atoms with Crippen molar-refractivity contribution in [2.24, 2.45) is 0 Å². The molecule has 0 heterocycles. The second-order valence-corrected chi connectivity index (χ2v) is 3.90. The first-order valence-electron chi connectivity index (χ1n) is 5.99. The number of ether oxygens (including phenoxy) is 1. The van der Waals surface area contributed by atoms with E-state index in [-0.39, 0.29) is 31.2 Å². The second kappa shape index (κ2) is 7.68. The maximum Gasteiger partial charge on any atom is 0.387 e. The second-order valence-electron chi connectivity index (χ2n) is 3.90. The van der Waals surface area contributed by atoms with E-state index in [1.165, 1.54) is 17.0 Å². The minimum absolute atomic E-state index is 0.0329. The molecule has 4 nitrogen and oxygen atoms in total. The fourth-order valence-electron chi connectivity index (χ4n) is 1.70. The first-order chi connectivity index (χ1) is 9.06. The first kappa shape index (κ1) is 15.4. The summed E-state index contributed by atoms with van der Waals surface area (Å²) in [4.78, 5) is 13.4. The van der Waals surface area contributed by atoms with Crippen molar-refractivity contribution in [1.29, 1.82) is 0 Å². The van der Waals surface area contributed by atoms with Crippen LogP contribution in [0.2, 0.25) is 0 Å². The molecule has 1 rings (SSSR count). The zero-order valence-electron chi connectivity index (χ0n) is 10.7. The number of likely N-dealkylation sites (N-methyl/N-ethyl adjacent to an activating group) is 1. The quantitative estimate of drug-likeness (QED) is 0.822. The Balaban J connectivity index is 2.68. The molecule has 0 aliphatic heterocycles. The van der Waals surface area contributed by atoms with E-state index >= 15 is 0 Å². The lowest BCUT2D eigenvalue weighted by Crippen LogP contribution is -2.34. The minimum atomic E-state index is -2.88. The van der Waals surface area contributed by atoms with Gasteiger partial charge in [0, 0.05) is 13.1 Å². The molecule has 0 atom stereocenters. The Morgan fingerprint density at radius 2 is 2.21 bits per heavy atom. The maximum absolute atomic E-state index is 12.1. The van der Waals surface area contributed by atoms with Crippen molar-refractivity contribution in [2.45, 2.75) is 20.0 Å². The number of benzene rings is 1. The van der Waals surface area contributed by atoms with E-state index in [4.69, 9.17) is 5.11 Å². The lowest BCUT2D eigenvalue weighted by Gasteiger charge is -2.19. The molecule has 1 N–H and O–H groups in total. The topological polar surface area (TPSA) is 49.8 Å². The van der Waals surface area contributed by atoms with Crippen LogP contribution < -0.4 is 4.74 Å². The molecular weight excluding hydrogens is 256 g/mol. The summed E-state index contributed by atoms with van der Waals surface area (Å²) in [7, 11) is 0. The van der Waals surface area contributed by atoms with Gasteiger partial charge in [-0.3, -0.25) is 4.79 Å². The van der Waals surface area contributed by atoms with Gasteiger partial charge in [0.1, 0.15) is 5.75 Å². The van der Waals surface area contributed by atoms with Crippen molar-refractivity contribution in [3.63, 3.8) is 0 Å². The molecule has 0 radical (unpaired) electrons. The number of halogens is 2. The molecule has 19 heavy (non-hydrogen) atoms. The zero-order chi connectivity index (χ0) is 14.3. The van der Waals surface area contributed by atoms with Gasteiger partial charge in [-0.25, -0.2) is 0 Å². The van der Waals surface area contributed by atoms with Gasteiger partial charge in [0.15, 0.2) is 0 Å². The predicted molar refractivity (Wildman–Crippen MR) is 66.1 cm³/mol. The molecule has 0 saturated carbocycles. The van der Waals surface area contributed by atoms with Gasteiger partial charge < -0.3 is 14.7 Å². The summed E-state index contributed by atoms with van der Waals surface area (Å²) in [5.41, 5.74) is 0.597. The summed E-state index contributed by atoms with van der Waals surface area (Å²) >= 11 is 0. The number of aliphatic hydroxyl groups excluding tert-OH is 1. The lowest BCUT2D eigenvalue weighted by atomic mass is 10.1. The van der Waals surface area contributed by atoms with Gasteiger partial charge in [-0.2, -0.15) is 8.78 Å². The summed E-state index contributed by atoms with van der Waals surface area (Å²) in [6.07, 6.45) is 0.0915. The van der Waals surface area contributed by atoms with Gasteiger partial charge in [0.25, 0.3) is 0 Å². The third kappa shape index (κ3) is 5.21. The van der Waals surface area contributed by atoms with E-state index in [0.29, 0.717) is 12.1 Å². The lowest BCUT2D eigenvalue weighted by molar-refractivity contribution is -0.130. The molecule has 0 aliphatic carbocycles. The average Bonchev–Trinajstić information content (AvgIpc) is 2.35. The van der Waals surface area contributed by atoms with Crippen molar-refractivity contribution in [3.8, 4) is 5.75 Å². The highest BCUT2D eigenvalue weighted by molar-refractivity contribution is 5.78. The number of hydrogen-bond donors (Lipinski definition) is 1. The Hall–Kier alpha value is -1.69. The van der Waals surface area contributed by atoms with Gasteiger partial charge in [-0.15, -0.1) is 0 Å². The van der Waals surface area contributed by atoms with Crippen LogP contribution in [0, 0.1) is 0 Å². The highest BCUT2D eigenvalue weighted by atomic mass is 19.3. The number of alkyl halides is 2. The molecule has 0 aliphatic rings. The number of carbonyl (C=O) groups excluding carboxylic acids is 1. The third-order valence-corrected chi connectivity index (χ3v) is 2.58. The van der Waals surface area contributed by atoms with Gasteiger partial charge in [0.2, 0.25) is 5.91 Å². The number of amides is 1. The molecule has 1 aromatic carbocycles. The number of rotatable bonds is 7. The first-order valence-corrected chi connectivity index (χ1v) is 5.99. The average molecular weight is 273 g/mol. The van der Waals surface area contributed by atoms with Crippen molar-refractivity contribution < 1.29 is 23.4 Å². The monoisotopic (exact) mass is 273 g/mol. The Kier molecular flexibility index (Phi) is 6.21. The van der Waals surface area contributed by atoms with Crippen LogP contribution in [-0.4, -0.2) is 42.2 Å². The SMILES string of the molecule is CCN(CCO)C(=O)Cc1cccc(OC(F)F)c1. The van der Waals surface area contributed by atoms with Crippen LogP contribution >= 0.6 is 0 Å². The zero-order valence-corrected chi connectivity index (χ0v) is 10.7. The van der Waals surface area contributed by atoms with Crippen molar-refractivity contribution >= 4 is 5.91 Å². The molecule has 6 heteroatoms. The van der Waals surface area contributed by atoms with Crippen LogP contribution in [0.5, 0.6) is 5.75 Å². The molecule has 106 valence electrons. The van der Waals surface area contributed by atoms with Crippen LogP contribution in [0.25, 0.3) is 0 Å². The van der Waals surface area contributed by atoms with Crippen molar-refractivity contribution in [1.82, 2.24) is 4.90 Å². The van der Waals surface area contributed by atoms with Crippen molar-refractivity contribution in [2.75, 3.05) is 19.7 Å². The third-order valence-electron chi connectivity index (χ3n) is 2.58. The molecule has 0 saturated heterocycles. The van der Waals surface area contributed by atoms with E-state index in [2.05, 4.69) is 4.74 Å². The smallest absolute Gasteiger partial charge is 0.387 e. The van der Waals surface area contributed by atoms with Crippen LogP contribution in [-0.2, 0) is 11.2 Å². The number of hydrogen-bond acceptors (Lipinski definition) is 3. The summed E-state index contributed by atoms with van der Waals surface area (Å²) in [5.74, 6) is -0.128. The fraction of sp³-hybridized carbons (Fsp3) is 0.462. The molecule has 1 amide bonds. The van der Waals surface area contributed by atoms with Crippen LogP contribution in [0.4, 0.5) is 8.78 Å². The van der Waals surface area contributed by atoms with Crippen molar-refractivity contribution in [3.05, 3.63) is 29.8 Å². The molecule has 0 fully saturated rings. The molecular formula is C13H17F2NO3. The van der Waals surface area contributed by atoms with Gasteiger partial charge in [0.05, 0.1) is 13.0 Å². The summed E-state index contributed by atoms with van der Waals surface area (Å²) in [6, 6.07) is 6.05. The summed E-state index contributed by atoms with van der Waals surface area (Å²) in [6.45, 7) is -0.417. The molecule has 0 aromatic heterocycles. The van der Waals surface area contributed by atoms with E-state index < -0.39 is 6.61 Å². The standard InChI is InChI=1S/C13H17F2NO3/c1-2-16(6-7-17)12(18)9-10-4-3-5-11(8-10)19-13(14)15/h3-5,8,13,17H,2,6-7,9H2,1H3. The van der Waals surface area contributed by atoms with Crippen LogP contribution in [0.15, 0.2) is 24.3 Å². The van der Waals surface area contributed by atoms with Gasteiger partial charge in [-0.05, 0) is 24.6 Å². The van der Waals surface area contributed by atoms with Gasteiger partial charge in [-0.1, -0.05) is 12.1 Å². The van der Waals surface area contributed by atoms with E-state index in [1.807, 2.05) is 6.92 Å². The maximum atomic E-state index is 12.1. The molecule has 0 spiro atoms. The molecule has 0 unspecified atom stereocenters. The number of carbonyl (C=O) groups is 1. The summed E-state index contributed by atoms with van der Waals surface area (Å²) in [5, 5.41) is 8.83. The van der Waals surface area contributed by atoms with E-state index in [1.54, 1.807) is 12.1 Å². The highest BCUT2D eigenvalue weighted by Gasteiger charge is 2.12. The van der Waals surface area contributed by atoms with Gasteiger partial charge >= 0.3 is 6.61 Å². The Morgan fingerprint density at radius 3 is 2.79 bits per heavy atom. The number of aliphatic hydroxyl groups is 1. The highest BCUT2D eigenvalue weighted by Crippen LogP contribution is 2.16. The predicted octanol–water partition coefficient (Wildman–Crippen LogP) is 1.67. The van der Waals surface area contributed by atoms with Crippen LogP contribution in [0.3, 0.4) is 0 Å². The normalized spacial score (nSPS) is 10.6. The Labute approximate surface area is 110 Å². The Bertz CT molecular complexity index is 413. The fourth-order valence-corrected chi connectivity index (χ4v) is 1.70. The number of nitrogens with zero attached hydrogens (tertiary/aromatic N) is 1. The van der Waals surface area contributed by atoms with Crippen LogP contribution in [0.1, 0.15) is 12.5 Å². The molecule has 1 aromatic rings. The minimum Gasteiger partial charge on any atom is -0.435 e. The van der Waals surface area contributed by atoms with E-state index in [9.17, 15) is 13.6 Å².